The smallest absolute Gasteiger partial charge is 0.243 e. The molecule has 6 nitrogen and oxygen atoms in total. The van der Waals surface area contributed by atoms with Crippen LogP contribution in [0.25, 0.3) is 0 Å². The summed E-state index contributed by atoms with van der Waals surface area (Å²) in [6.07, 6.45) is 0.0748. The van der Waals surface area contributed by atoms with Crippen molar-refractivity contribution in [3.63, 3.8) is 0 Å². The Morgan fingerprint density at radius 1 is 0.933 bits per heavy atom. The third-order valence-electron chi connectivity index (χ3n) is 5.28. The van der Waals surface area contributed by atoms with E-state index in [1.165, 1.54) is 28.6 Å². The molecule has 2 aromatic rings. The SMILES string of the molecule is Cc1ccc(C)c(S(=O)(=O)N2CCN(C(=O)CCC(=O)c3ccc(F)cc3)CC2)c1. The first-order valence-electron chi connectivity index (χ1n) is 9.82. The number of aryl methyl sites for hydroxylation is 2. The van der Waals surface area contributed by atoms with Gasteiger partial charge in [-0.2, -0.15) is 4.31 Å². The first-order valence-corrected chi connectivity index (χ1v) is 11.3. The highest BCUT2D eigenvalue weighted by Crippen LogP contribution is 2.22. The summed E-state index contributed by atoms with van der Waals surface area (Å²) in [6, 6.07) is 10.6. The molecule has 0 spiro atoms. The van der Waals surface area contributed by atoms with Crippen molar-refractivity contribution in [3.05, 3.63) is 65.0 Å². The Kier molecular flexibility index (Phi) is 6.67. The van der Waals surface area contributed by atoms with E-state index in [-0.39, 0.29) is 50.7 Å². The number of sulfonamides is 1. The zero-order valence-electron chi connectivity index (χ0n) is 17.1. The van der Waals surface area contributed by atoms with Gasteiger partial charge >= 0.3 is 0 Å². The largest absolute Gasteiger partial charge is 0.340 e. The summed E-state index contributed by atoms with van der Waals surface area (Å²) in [5, 5.41) is 0. The predicted octanol–water partition coefficient (Wildman–Crippen LogP) is 2.94. The molecule has 1 heterocycles. The molecule has 0 unspecified atom stereocenters. The Morgan fingerprint density at radius 2 is 1.57 bits per heavy atom. The van der Waals surface area contributed by atoms with Crippen LogP contribution in [0.15, 0.2) is 47.4 Å². The Bertz CT molecular complexity index is 1040. The van der Waals surface area contributed by atoms with Crippen LogP contribution in [0.1, 0.15) is 34.3 Å². The van der Waals surface area contributed by atoms with Gasteiger partial charge < -0.3 is 4.90 Å². The van der Waals surface area contributed by atoms with Gasteiger partial charge in [-0.3, -0.25) is 9.59 Å². The molecule has 0 N–H and O–H groups in total. The molecular formula is C22H25FN2O4S. The zero-order valence-corrected chi connectivity index (χ0v) is 17.9. The Morgan fingerprint density at radius 3 is 2.20 bits per heavy atom. The lowest BCUT2D eigenvalue weighted by Crippen LogP contribution is -2.50. The number of carbonyl (C=O) groups excluding carboxylic acids is 2. The third-order valence-corrected chi connectivity index (χ3v) is 7.33. The number of nitrogens with zero attached hydrogens (tertiary/aromatic N) is 2. The number of ketones is 1. The second kappa shape index (κ2) is 9.06. The van der Waals surface area contributed by atoms with Crippen molar-refractivity contribution in [1.82, 2.24) is 9.21 Å². The molecule has 1 fully saturated rings. The number of benzene rings is 2. The van der Waals surface area contributed by atoms with Crippen LogP contribution in [0, 0.1) is 19.7 Å². The highest BCUT2D eigenvalue weighted by Gasteiger charge is 2.31. The molecule has 0 saturated carbocycles. The lowest BCUT2D eigenvalue weighted by Gasteiger charge is -2.34. The summed E-state index contributed by atoms with van der Waals surface area (Å²) in [6.45, 7) is 4.62. The van der Waals surface area contributed by atoms with Crippen LogP contribution in [0.3, 0.4) is 0 Å². The van der Waals surface area contributed by atoms with Crippen LogP contribution in [0.4, 0.5) is 4.39 Å². The van der Waals surface area contributed by atoms with E-state index in [1.54, 1.807) is 24.0 Å². The average molecular weight is 433 g/mol. The van der Waals surface area contributed by atoms with Gasteiger partial charge in [-0.15, -0.1) is 0 Å². The number of amides is 1. The third kappa shape index (κ3) is 4.94. The molecule has 3 rings (SSSR count). The number of piperazine rings is 1. The molecule has 30 heavy (non-hydrogen) atoms. The second-order valence-electron chi connectivity index (χ2n) is 7.48. The maximum absolute atomic E-state index is 13.0. The minimum absolute atomic E-state index is 0.0332. The molecule has 0 bridgehead atoms. The molecule has 1 aliphatic heterocycles. The number of Topliss-reactive ketones (excluding diaryl/α,β-unsaturated/α-hetero) is 1. The van der Waals surface area contributed by atoms with Gasteiger partial charge in [0.25, 0.3) is 0 Å². The number of carbonyl (C=O) groups is 2. The van der Waals surface area contributed by atoms with Crippen molar-refractivity contribution in [2.24, 2.45) is 0 Å². The van der Waals surface area contributed by atoms with Gasteiger partial charge in [0.2, 0.25) is 15.9 Å². The molecule has 8 heteroatoms. The molecule has 0 aromatic heterocycles. The summed E-state index contributed by atoms with van der Waals surface area (Å²) >= 11 is 0. The van der Waals surface area contributed by atoms with Gasteiger partial charge in [0.15, 0.2) is 5.78 Å². The van der Waals surface area contributed by atoms with Crippen molar-refractivity contribution in [2.75, 3.05) is 26.2 Å². The number of rotatable bonds is 6. The summed E-state index contributed by atoms with van der Waals surface area (Å²) in [5.74, 6) is -0.829. The van der Waals surface area contributed by atoms with Crippen molar-refractivity contribution >= 4 is 21.7 Å². The van der Waals surface area contributed by atoms with E-state index < -0.39 is 15.8 Å². The lowest BCUT2D eigenvalue weighted by atomic mass is 10.1. The Labute approximate surface area is 176 Å². The zero-order chi connectivity index (χ0) is 21.9. The van der Waals surface area contributed by atoms with Gasteiger partial charge in [0.05, 0.1) is 4.90 Å². The highest BCUT2D eigenvalue weighted by molar-refractivity contribution is 7.89. The lowest BCUT2D eigenvalue weighted by molar-refractivity contribution is -0.132. The van der Waals surface area contributed by atoms with Crippen LogP contribution in [-0.2, 0) is 14.8 Å². The van der Waals surface area contributed by atoms with Crippen LogP contribution in [0.2, 0.25) is 0 Å². The van der Waals surface area contributed by atoms with E-state index in [1.807, 2.05) is 13.0 Å². The van der Waals surface area contributed by atoms with Crippen molar-refractivity contribution in [3.8, 4) is 0 Å². The monoisotopic (exact) mass is 432 g/mol. The van der Waals surface area contributed by atoms with Gasteiger partial charge in [-0.1, -0.05) is 12.1 Å². The fourth-order valence-corrected chi connectivity index (χ4v) is 5.19. The summed E-state index contributed by atoms with van der Waals surface area (Å²) in [4.78, 5) is 26.5. The molecule has 2 aromatic carbocycles. The molecule has 0 radical (unpaired) electrons. The highest BCUT2D eigenvalue weighted by atomic mass is 32.2. The Hall–Kier alpha value is -2.58. The maximum Gasteiger partial charge on any atom is 0.243 e. The van der Waals surface area contributed by atoms with E-state index in [0.29, 0.717) is 16.0 Å². The normalized spacial score (nSPS) is 15.2. The van der Waals surface area contributed by atoms with Crippen molar-refractivity contribution in [2.45, 2.75) is 31.6 Å². The van der Waals surface area contributed by atoms with Crippen LogP contribution < -0.4 is 0 Å². The Balaban J connectivity index is 1.55. The van der Waals surface area contributed by atoms with Crippen LogP contribution in [0.5, 0.6) is 0 Å². The molecule has 1 aliphatic rings. The van der Waals surface area contributed by atoms with Gasteiger partial charge in [-0.25, -0.2) is 12.8 Å². The minimum Gasteiger partial charge on any atom is -0.340 e. The molecule has 160 valence electrons. The van der Waals surface area contributed by atoms with E-state index in [4.69, 9.17) is 0 Å². The van der Waals surface area contributed by atoms with Crippen LogP contribution in [-0.4, -0.2) is 55.5 Å². The molecule has 0 atom stereocenters. The van der Waals surface area contributed by atoms with Gasteiger partial charge in [0, 0.05) is 44.6 Å². The first-order chi connectivity index (χ1) is 14.2. The number of hydrogen-bond acceptors (Lipinski definition) is 4. The topological polar surface area (TPSA) is 74.8 Å². The van der Waals surface area contributed by atoms with Gasteiger partial charge in [-0.05, 0) is 55.3 Å². The maximum atomic E-state index is 13.0. The predicted molar refractivity (Wildman–Crippen MR) is 111 cm³/mol. The first kappa shape index (κ1) is 22.1. The van der Waals surface area contributed by atoms with E-state index in [0.717, 1.165) is 5.56 Å². The van der Waals surface area contributed by atoms with Crippen LogP contribution >= 0.6 is 0 Å². The van der Waals surface area contributed by atoms with E-state index >= 15 is 0 Å². The molecule has 1 saturated heterocycles. The molecule has 0 aliphatic carbocycles. The summed E-state index contributed by atoms with van der Waals surface area (Å²) in [7, 11) is -3.62. The second-order valence-corrected chi connectivity index (χ2v) is 9.39. The molecular weight excluding hydrogens is 407 g/mol. The van der Waals surface area contributed by atoms with E-state index in [9.17, 15) is 22.4 Å². The number of halogens is 1. The minimum atomic E-state index is -3.62. The average Bonchev–Trinajstić information content (AvgIpc) is 2.74. The van der Waals surface area contributed by atoms with Crippen molar-refractivity contribution < 1.29 is 22.4 Å². The summed E-state index contributed by atoms with van der Waals surface area (Å²) < 4.78 is 40.3. The standard InChI is InChI=1S/C22H25FN2O4S/c1-16-3-4-17(2)21(15-16)30(28,29)25-13-11-24(12-14-25)22(27)10-9-20(26)18-5-7-19(23)8-6-18/h3-8,15H,9-14H2,1-2H3. The molecule has 1 amide bonds. The summed E-state index contributed by atoms with van der Waals surface area (Å²) in [5.41, 5.74) is 1.94. The fraction of sp³-hybridized carbons (Fsp3) is 0.364. The van der Waals surface area contributed by atoms with Crippen molar-refractivity contribution in [1.29, 1.82) is 0 Å². The number of hydrogen-bond donors (Lipinski definition) is 0. The quantitative estimate of drug-likeness (QED) is 0.658. The van der Waals surface area contributed by atoms with E-state index in [2.05, 4.69) is 0 Å². The fourth-order valence-electron chi connectivity index (χ4n) is 3.46. The van der Waals surface area contributed by atoms with Gasteiger partial charge in [0.1, 0.15) is 5.82 Å².